The van der Waals surface area contributed by atoms with E-state index in [1.54, 1.807) is 0 Å². The van der Waals surface area contributed by atoms with Gasteiger partial charge in [0.15, 0.2) is 0 Å². The molecule has 0 bridgehead atoms. The standard InChI is InChI=1S/C20H21NO2/c1-15(2)13-22-14-17-12-16-8-6-7-11-19(16)23-20(17)21-18-9-4-3-5-10-18/h3-12,15H,13-14H2,1-2H3. The SMILES string of the molecule is CC(C)COCc1cc2ccccc2oc1=Nc1ccccc1. The van der Waals surface area contributed by atoms with Gasteiger partial charge in [0.25, 0.3) is 0 Å². The van der Waals surface area contributed by atoms with Crippen LogP contribution in [0.5, 0.6) is 0 Å². The zero-order chi connectivity index (χ0) is 16.1. The van der Waals surface area contributed by atoms with E-state index in [1.165, 1.54) is 0 Å². The molecule has 2 aromatic carbocycles. The van der Waals surface area contributed by atoms with E-state index in [9.17, 15) is 0 Å². The van der Waals surface area contributed by atoms with Crippen molar-refractivity contribution in [3.63, 3.8) is 0 Å². The molecular weight excluding hydrogens is 286 g/mol. The van der Waals surface area contributed by atoms with Crippen LogP contribution < -0.4 is 5.55 Å². The number of para-hydroxylation sites is 2. The molecule has 0 fully saturated rings. The van der Waals surface area contributed by atoms with Gasteiger partial charge in [0, 0.05) is 17.6 Å². The maximum atomic E-state index is 6.01. The predicted octanol–water partition coefficient (Wildman–Crippen LogP) is 4.84. The summed E-state index contributed by atoms with van der Waals surface area (Å²) in [5, 5.41) is 1.06. The third kappa shape index (κ3) is 4.08. The van der Waals surface area contributed by atoms with Crippen LogP contribution in [0.4, 0.5) is 5.69 Å². The van der Waals surface area contributed by atoms with E-state index in [1.807, 2.05) is 54.6 Å². The summed E-state index contributed by atoms with van der Waals surface area (Å²) in [6.07, 6.45) is 0. The van der Waals surface area contributed by atoms with E-state index in [4.69, 9.17) is 9.15 Å². The van der Waals surface area contributed by atoms with Crippen LogP contribution in [0.3, 0.4) is 0 Å². The van der Waals surface area contributed by atoms with Crippen LogP contribution >= 0.6 is 0 Å². The lowest BCUT2D eigenvalue weighted by molar-refractivity contribution is 0.0951. The van der Waals surface area contributed by atoms with Crippen molar-refractivity contribution in [1.82, 2.24) is 0 Å². The number of ether oxygens (including phenoxy) is 1. The van der Waals surface area contributed by atoms with E-state index in [0.717, 1.165) is 28.8 Å². The third-order valence-electron chi connectivity index (χ3n) is 3.43. The average Bonchev–Trinajstić information content (AvgIpc) is 2.56. The number of fused-ring (bicyclic) bond motifs is 1. The first-order valence-electron chi connectivity index (χ1n) is 7.91. The van der Waals surface area contributed by atoms with Crippen LogP contribution in [-0.4, -0.2) is 6.61 Å². The zero-order valence-electron chi connectivity index (χ0n) is 13.5. The van der Waals surface area contributed by atoms with E-state index in [-0.39, 0.29) is 0 Å². The summed E-state index contributed by atoms with van der Waals surface area (Å²) in [4.78, 5) is 4.64. The molecule has 0 atom stereocenters. The topological polar surface area (TPSA) is 34.7 Å². The van der Waals surface area contributed by atoms with Gasteiger partial charge in [-0.25, -0.2) is 4.99 Å². The fraction of sp³-hybridized carbons (Fsp3) is 0.250. The molecule has 0 unspecified atom stereocenters. The van der Waals surface area contributed by atoms with Gasteiger partial charge in [-0.3, -0.25) is 0 Å². The van der Waals surface area contributed by atoms with Crippen molar-refractivity contribution >= 4 is 16.7 Å². The van der Waals surface area contributed by atoms with Crippen molar-refractivity contribution in [2.24, 2.45) is 10.9 Å². The molecule has 1 heterocycles. The molecule has 0 radical (unpaired) electrons. The lowest BCUT2D eigenvalue weighted by atomic mass is 10.2. The number of hydrogen-bond acceptors (Lipinski definition) is 3. The molecule has 0 aliphatic rings. The molecule has 0 N–H and O–H groups in total. The molecular formula is C20H21NO2. The Kier molecular flexibility index (Phi) is 4.89. The molecule has 0 saturated heterocycles. The Morgan fingerprint density at radius 3 is 2.52 bits per heavy atom. The summed E-state index contributed by atoms with van der Waals surface area (Å²) < 4.78 is 11.8. The minimum absolute atomic E-state index is 0.498. The van der Waals surface area contributed by atoms with Gasteiger partial charge in [-0.2, -0.15) is 0 Å². The molecule has 0 aliphatic carbocycles. The molecule has 1 aromatic heterocycles. The Balaban J connectivity index is 2.04. The van der Waals surface area contributed by atoms with Gasteiger partial charge in [-0.15, -0.1) is 0 Å². The van der Waals surface area contributed by atoms with Gasteiger partial charge in [-0.1, -0.05) is 50.2 Å². The second-order valence-electron chi connectivity index (χ2n) is 5.97. The Hall–Kier alpha value is -2.39. The summed E-state index contributed by atoms with van der Waals surface area (Å²) in [7, 11) is 0. The van der Waals surface area contributed by atoms with Crippen LogP contribution in [-0.2, 0) is 11.3 Å². The first kappa shape index (κ1) is 15.5. The maximum Gasteiger partial charge on any atom is 0.225 e. The largest absolute Gasteiger partial charge is 0.438 e. The van der Waals surface area contributed by atoms with E-state index in [2.05, 4.69) is 24.9 Å². The molecule has 3 nitrogen and oxygen atoms in total. The molecule has 3 heteroatoms. The Morgan fingerprint density at radius 2 is 1.74 bits per heavy atom. The number of hydrogen-bond donors (Lipinski definition) is 0. The van der Waals surface area contributed by atoms with Gasteiger partial charge < -0.3 is 9.15 Å². The summed E-state index contributed by atoms with van der Waals surface area (Å²) >= 11 is 0. The summed E-state index contributed by atoms with van der Waals surface area (Å²) in [6.45, 7) is 5.50. The van der Waals surface area contributed by atoms with Crippen molar-refractivity contribution < 1.29 is 9.15 Å². The lowest BCUT2D eigenvalue weighted by Crippen LogP contribution is -2.12. The molecule has 0 amide bonds. The molecule has 118 valence electrons. The average molecular weight is 307 g/mol. The molecule has 3 aromatic rings. The van der Waals surface area contributed by atoms with E-state index < -0.39 is 0 Å². The molecule has 3 rings (SSSR count). The molecule has 0 aliphatic heterocycles. The van der Waals surface area contributed by atoms with Crippen molar-refractivity contribution in [3.05, 3.63) is 71.8 Å². The number of rotatable bonds is 5. The Morgan fingerprint density at radius 1 is 1.00 bits per heavy atom. The lowest BCUT2D eigenvalue weighted by Gasteiger charge is -2.08. The molecule has 23 heavy (non-hydrogen) atoms. The van der Waals surface area contributed by atoms with Crippen molar-refractivity contribution in [1.29, 1.82) is 0 Å². The van der Waals surface area contributed by atoms with Gasteiger partial charge in [0.1, 0.15) is 5.58 Å². The summed E-state index contributed by atoms with van der Waals surface area (Å²) in [6, 6.07) is 19.9. The smallest absolute Gasteiger partial charge is 0.225 e. The summed E-state index contributed by atoms with van der Waals surface area (Å²) in [5.74, 6) is 0.502. The van der Waals surface area contributed by atoms with Crippen LogP contribution in [0.15, 0.2) is 70.1 Å². The predicted molar refractivity (Wildman–Crippen MR) is 92.4 cm³/mol. The molecule has 0 spiro atoms. The number of nitrogens with zero attached hydrogens (tertiary/aromatic N) is 1. The first-order valence-corrected chi connectivity index (χ1v) is 7.91. The van der Waals surface area contributed by atoms with Gasteiger partial charge >= 0.3 is 0 Å². The monoisotopic (exact) mass is 307 g/mol. The fourth-order valence-corrected chi connectivity index (χ4v) is 2.33. The maximum absolute atomic E-state index is 6.01. The highest BCUT2D eigenvalue weighted by atomic mass is 16.5. The van der Waals surface area contributed by atoms with Gasteiger partial charge in [0.05, 0.1) is 12.3 Å². The molecule has 0 saturated carbocycles. The van der Waals surface area contributed by atoms with Crippen LogP contribution in [0.25, 0.3) is 11.0 Å². The zero-order valence-corrected chi connectivity index (χ0v) is 13.5. The quantitative estimate of drug-likeness (QED) is 0.676. The van der Waals surface area contributed by atoms with Crippen LogP contribution in [0, 0.1) is 5.92 Å². The Bertz CT molecular complexity index is 835. The minimum atomic E-state index is 0.498. The number of benzene rings is 2. The highest BCUT2D eigenvalue weighted by Gasteiger charge is 2.05. The Labute approximate surface area is 136 Å². The van der Waals surface area contributed by atoms with Crippen molar-refractivity contribution in [2.45, 2.75) is 20.5 Å². The fourth-order valence-electron chi connectivity index (χ4n) is 2.33. The third-order valence-corrected chi connectivity index (χ3v) is 3.43. The van der Waals surface area contributed by atoms with Crippen LogP contribution in [0.2, 0.25) is 0 Å². The van der Waals surface area contributed by atoms with Gasteiger partial charge in [-0.05, 0) is 30.2 Å². The van der Waals surface area contributed by atoms with Crippen molar-refractivity contribution in [2.75, 3.05) is 6.61 Å². The van der Waals surface area contributed by atoms with Crippen LogP contribution in [0.1, 0.15) is 19.4 Å². The van der Waals surface area contributed by atoms with E-state index >= 15 is 0 Å². The minimum Gasteiger partial charge on any atom is -0.438 e. The first-order chi connectivity index (χ1) is 11.2. The van der Waals surface area contributed by atoms with Gasteiger partial charge in [0.2, 0.25) is 5.55 Å². The second kappa shape index (κ2) is 7.25. The summed E-state index contributed by atoms with van der Waals surface area (Å²) in [5.41, 5.74) is 3.28. The van der Waals surface area contributed by atoms with Crippen molar-refractivity contribution in [3.8, 4) is 0 Å². The highest BCUT2D eigenvalue weighted by molar-refractivity contribution is 5.76. The van der Waals surface area contributed by atoms with E-state index in [0.29, 0.717) is 18.1 Å². The highest BCUT2D eigenvalue weighted by Crippen LogP contribution is 2.15. The normalized spacial score (nSPS) is 12.2. The second-order valence-corrected chi connectivity index (χ2v) is 5.97.